The summed E-state index contributed by atoms with van der Waals surface area (Å²) in [6, 6.07) is 10.2. The fourth-order valence-corrected chi connectivity index (χ4v) is 6.93. The van der Waals surface area contributed by atoms with E-state index in [4.69, 9.17) is 4.52 Å². The molecule has 0 saturated carbocycles. The molecule has 10 heteroatoms. The minimum absolute atomic E-state index is 0.00576. The van der Waals surface area contributed by atoms with Crippen LogP contribution in [0.3, 0.4) is 0 Å². The van der Waals surface area contributed by atoms with Crippen molar-refractivity contribution in [1.82, 2.24) is 24.3 Å². The van der Waals surface area contributed by atoms with Crippen molar-refractivity contribution in [3.63, 3.8) is 0 Å². The zero-order chi connectivity index (χ0) is 27.3. The first-order chi connectivity index (χ1) is 17.9. The van der Waals surface area contributed by atoms with Crippen molar-refractivity contribution >= 4 is 10.0 Å². The summed E-state index contributed by atoms with van der Waals surface area (Å²) in [7, 11) is -1.14. The van der Waals surface area contributed by atoms with E-state index in [0.29, 0.717) is 54.7 Å². The zero-order valence-corrected chi connectivity index (χ0v) is 23.6. The second kappa shape index (κ2) is 9.82. The van der Waals surface area contributed by atoms with Crippen LogP contribution >= 0.6 is 0 Å². The third-order valence-corrected chi connectivity index (χ3v) is 9.54. The van der Waals surface area contributed by atoms with Crippen LogP contribution < -0.4 is 0 Å². The quantitative estimate of drug-likeness (QED) is 0.485. The number of piperidine rings is 1. The third kappa shape index (κ3) is 4.79. The molecule has 0 bridgehead atoms. The Morgan fingerprint density at radius 2 is 1.76 bits per heavy atom. The molecule has 2 aliphatic rings. The van der Waals surface area contributed by atoms with Gasteiger partial charge in [-0.3, -0.25) is 4.98 Å². The normalized spacial score (nSPS) is 20.8. The second-order valence-electron chi connectivity index (χ2n) is 11.6. The molecule has 2 saturated heterocycles. The highest BCUT2D eigenvalue weighted by molar-refractivity contribution is 7.88. The molecule has 5 rings (SSSR count). The van der Waals surface area contributed by atoms with Gasteiger partial charge in [-0.2, -0.15) is 4.98 Å². The molecule has 1 atom stereocenters. The summed E-state index contributed by atoms with van der Waals surface area (Å²) in [5.74, 6) is 1.32. The highest BCUT2D eigenvalue weighted by Gasteiger charge is 2.55. The minimum atomic E-state index is -3.20. The Morgan fingerprint density at radius 3 is 2.34 bits per heavy atom. The summed E-state index contributed by atoms with van der Waals surface area (Å²) in [4.78, 5) is 11.3. The van der Waals surface area contributed by atoms with Crippen LogP contribution in [-0.2, 0) is 15.6 Å². The molecule has 38 heavy (non-hydrogen) atoms. The van der Waals surface area contributed by atoms with E-state index in [1.807, 2.05) is 18.2 Å². The average Bonchev–Trinajstić information content (AvgIpc) is 3.37. The fraction of sp³-hybridized carbons (Fsp3) is 0.536. The molecule has 1 aromatic carbocycles. The highest BCUT2D eigenvalue weighted by atomic mass is 32.2. The van der Waals surface area contributed by atoms with Gasteiger partial charge in [0, 0.05) is 61.0 Å². The Bertz CT molecular complexity index is 1390. The van der Waals surface area contributed by atoms with Crippen molar-refractivity contribution in [3.05, 3.63) is 65.3 Å². The van der Waals surface area contributed by atoms with E-state index in [2.05, 4.69) is 60.0 Å². The zero-order valence-electron chi connectivity index (χ0n) is 22.8. The first-order valence-corrected chi connectivity index (χ1v) is 15.0. The molecule has 9 nitrogen and oxygen atoms in total. The van der Waals surface area contributed by atoms with Gasteiger partial charge in [0.25, 0.3) is 0 Å². The van der Waals surface area contributed by atoms with Gasteiger partial charge < -0.3 is 14.5 Å². The maximum absolute atomic E-state index is 12.5. The average molecular weight is 540 g/mol. The molecule has 0 amide bonds. The SMILES string of the molecule is CC(C)c1ccc([C@](O)(c2cncc(-c3noc(C4CCN(S(C)(=O)=O)CC4)n3)c2)C2(C)CN(C)C2)cc1. The van der Waals surface area contributed by atoms with Crippen molar-refractivity contribution < 1.29 is 18.0 Å². The molecule has 0 radical (unpaired) electrons. The van der Waals surface area contributed by atoms with Gasteiger partial charge in [-0.05, 0) is 43.0 Å². The third-order valence-electron chi connectivity index (χ3n) is 8.23. The van der Waals surface area contributed by atoms with Gasteiger partial charge in [0.1, 0.15) is 5.60 Å². The first-order valence-electron chi connectivity index (χ1n) is 13.2. The largest absolute Gasteiger partial charge is 0.380 e. The van der Waals surface area contributed by atoms with Gasteiger partial charge in [-0.25, -0.2) is 12.7 Å². The maximum atomic E-state index is 12.5. The van der Waals surface area contributed by atoms with Crippen molar-refractivity contribution in [1.29, 1.82) is 0 Å². The lowest BCUT2D eigenvalue weighted by Gasteiger charge is -2.55. The predicted molar refractivity (Wildman–Crippen MR) is 145 cm³/mol. The standard InChI is InChI=1S/C28H37N5O4S/c1-19(2)20-6-8-23(9-7-20)28(34,27(3)17-32(4)18-27)24-14-22(15-29-16-24)25-30-26(37-31-25)21-10-12-33(13-11-21)38(5,35)36/h6-9,14-16,19,21,34H,10-13,17-18H2,1-5H3/t28-/m0/s1. The van der Waals surface area contributed by atoms with Crippen LogP contribution in [0.4, 0.5) is 0 Å². The maximum Gasteiger partial charge on any atom is 0.230 e. The molecule has 4 heterocycles. The van der Waals surface area contributed by atoms with Crippen LogP contribution in [0.1, 0.15) is 68.0 Å². The summed E-state index contributed by atoms with van der Waals surface area (Å²) in [6.45, 7) is 8.81. The molecule has 3 aromatic rings. The van der Waals surface area contributed by atoms with Crippen LogP contribution in [0.25, 0.3) is 11.4 Å². The molecule has 2 aliphatic heterocycles. The summed E-state index contributed by atoms with van der Waals surface area (Å²) >= 11 is 0. The molecule has 0 spiro atoms. The molecular formula is C28H37N5O4S. The number of aliphatic hydroxyl groups is 1. The number of nitrogens with zero attached hydrogens (tertiary/aromatic N) is 5. The molecule has 0 unspecified atom stereocenters. The first kappa shape index (κ1) is 26.9. The molecule has 1 N–H and O–H groups in total. The van der Waals surface area contributed by atoms with E-state index in [1.165, 1.54) is 16.1 Å². The Labute approximate surface area is 224 Å². The lowest BCUT2D eigenvalue weighted by Crippen LogP contribution is -2.63. The number of sulfonamides is 1. The van der Waals surface area contributed by atoms with E-state index >= 15 is 0 Å². The summed E-state index contributed by atoms with van der Waals surface area (Å²) in [5, 5.41) is 16.7. The molecule has 2 fully saturated rings. The molecule has 2 aromatic heterocycles. The monoisotopic (exact) mass is 539 g/mol. The number of benzene rings is 1. The predicted octanol–water partition coefficient (Wildman–Crippen LogP) is 3.58. The second-order valence-corrected chi connectivity index (χ2v) is 13.6. The van der Waals surface area contributed by atoms with E-state index in [-0.39, 0.29) is 5.92 Å². The van der Waals surface area contributed by atoms with Gasteiger partial charge in [0.2, 0.25) is 21.7 Å². The van der Waals surface area contributed by atoms with Gasteiger partial charge >= 0.3 is 0 Å². The number of hydrogen-bond donors (Lipinski definition) is 1. The fourth-order valence-electron chi connectivity index (χ4n) is 6.06. The number of rotatable bonds is 7. The Kier molecular flexibility index (Phi) is 6.96. The molecule has 0 aliphatic carbocycles. The summed E-state index contributed by atoms with van der Waals surface area (Å²) < 4.78 is 30.8. The Morgan fingerprint density at radius 1 is 1.11 bits per heavy atom. The summed E-state index contributed by atoms with van der Waals surface area (Å²) in [6.07, 6.45) is 5.91. The topological polar surface area (TPSA) is 113 Å². The van der Waals surface area contributed by atoms with E-state index in [9.17, 15) is 13.5 Å². The van der Waals surface area contributed by atoms with Gasteiger partial charge in [-0.1, -0.05) is 50.2 Å². The van der Waals surface area contributed by atoms with Crippen LogP contribution in [0.2, 0.25) is 0 Å². The van der Waals surface area contributed by atoms with Gasteiger partial charge in [0.05, 0.1) is 6.26 Å². The smallest absolute Gasteiger partial charge is 0.230 e. The minimum Gasteiger partial charge on any atom is -0.380 e. The van der Waals surface area contributed by atoms with Crippen LogP contribution in [-0.4, -0.2) is 77.3 Å². The van der Waals surface area contributed by atoms with Crippen LogP contribution in [0, 0.1) is 5.41 Å². The number of likely N-dealkylation sites (tertiary alicyclic amines) is 1. The lowest BCUT2D eigenvalue weighted by molar-refractivity contribution is -0.127. The van der Waals surface area contributed by atoms with Crippen molar-refractivity contribution in [2.75, 3.05) is 39.5 Å². The Balaban J connectivity index is 1.45. The van der Waals surface area contributed by atoms with Crippen molar-refractivity contribution in [2.24, 2.45) is 5.41 Å². The van der Waals surface area contributed by atoms with E-state index in [0.717, 1.165) is 18.7 Å². The number of hydrogen-bond acceptors (Lipinski definition) is 8. The molecule has 204 valence electrons. The van der Waals surface area contributed by atoms with Crippen molar-refractivity contribution in [3.8, 4) is 11.4 Å². The lowest BCUT2D eigenvalue weighted by atomic mass is 9.62. The van der Waals surface area contributed by atoms with Crippen LogP contribution in [0.5, 0.6) is 0 Å². The summed E-state index contributed by atoms with van der Waals surface area (Å²) in [5.41, 5.74) is 1.75. The number of aromatic nitrogens is 3. The van der Waals surface area contributed by atoms with Gasteiger partial charge in [0.15, 0.2) is 0 Å². The van der Waals surface area contributed by atoms with Crippen molar-refractivity contribution in [2.45, 2.75) is 51.0 Å². The number of pyridine rings is 1. The van der Waals surface area contributed by atoms with E-state index < -0.39 is 21.0 Å². The van der Waals surface area contributed by atoms with E-state index in [1.54, 1.807) is 12.4 Å². The van der Waals surface area contributed by atoms with Crippen LogP contribution in [0.15, 0.2) is 47.2 Å². The highest BCUT2D eigenvalue weighted by Crippen LogP contribution is 2.50. The van der Waals surface area contributed by atoms with Gasteiger partial charge in [-0.15, -0.1) is 0 Å². The Hall–Kier alpha value is -2.66. The molecular weight excluding hydrogens is 502 g/mol.